The monoisotopic (exact) mass is 126 g/mol. The van der Waals surface area contributed by atoms with Crippen LogP contribution in [-0.4, -0.2) is 20.0 Å². The van der Waals surface area contributed by atoms with Gasteiger partial charge in [-0.3, -0.25) is 4.79 Å². The number of carbonyl (C=O) groups excluding carboxylic acids is 1. The summed E-state index contributed by atoms with van der Waals surface area (Å²) >= 11 is 0. The molecule has 0 aliphatic carbocycles. The first-order chi connectivity index (χ1) is 4.41. The molecule has 0 aromatic rings. The summed E-state index contributed by atoms with van der Waals surface area (Å²) in [4.78, 5) is 9.69. The molecule has 0 radical (unpaired) electrons. The van der Waals surface area contributed by atoms with Crippen LogP contribution < -0.4 is 0 Å². The molecule has 2 heteroatoms. The summed E-state index contributed by atoms with van der Waals surface area (Å²) in [5.74, 6) is 0. The van der Waals surface area contributed by atoms with Gasteiger partial charge in [0.2, 0.25) is 0 Å². The van der Waals surface area contributed by atoms with Crippen LogP contribution >= 0.6 is 0 Å². The molecule has 0 saturated heterocycles. The molecule has 2 nitrogen and oxygen atoms in total. The molecule has 0 aromatic carbocycles. The number of methoxy groups -OCH3 is 1. The second kappa shape index (κ2) is 7.11. The summed E-state index contributed by atoms with van der Waals surface area (Å²) in [6.45, 7) is 0.587. The highest BCUT2D eigenvalue weighted by Gasteiger charge is 1.66. The molecular weight excluding hydrogens is 116 g/mol. The standard InChI is InChI=1S/C7H10O2/c1-9-7-5-3-2-4-6-8/h2-6H,7H2,1H3. The smallest absolute Gasteiger partial charge is 0.142 e. The maximum absolute atomic E-state index is 9.69. The van der Waals surface area contributed by atoms with Gasteiger partial charge in [-0.1, -0.05) is 18.2 Å². The lowest BCUT2D eigenvalue weighted by Crippen LogP contribution is -1.78. The molecule has 0 fully saturated rings. The quantitative estimate of drug-likeness (QED) is 0.318. The van der Waals surface area contributed by atoms with Crippen LogP contribution in [0.2, 0.25) is 0 Å². The molecule has 0 bridgehead atoms. The molecule has 0 rings (SSSR count). The van der Waals surface area contributed by atoms with Crippen LogP contribution in [0.3, 0.4) is 0 Å². The van der Waals surface area contributed by atoms with Crippen LogP contribution in [0.15, 0.2) is 24.3 Å². The highest BCUT2D eigenvalue weighted by atomic mass is 16.5. The Morgan fingerprint density at radius 3 is 2.67 bits per heavy atom. The fourth-order valence-corrected chi connectivity index (χ4v) is 0.340. The Morgan fingerprint density at radius 2 is 2.11 bits per heavy atom. The summed E-state index contributed by atoms with van der Waals surface area (Å²) < 4.78 is 4.71. The number of hydrogen-bond acceptors (Lipinski definition) is 2. The Bertz CT molecular complexity index is 114. The molecule has 0 heterocycles. The average molecular weight is 126 g/mol. The van der Waals surface area contributed by atoms with Gasteiger partial charge in [0.05, 0.1) is 6.61 Å². The molecule has 0 aromatic heterocycles. The SMILES string of the molecule is COCC=CC=CC=O. The fraction of sp³-hybridized carbons (Fsp3) is 0.286. The predicted octanol–water partition coefficient (Wildman–Crippen LogP) is 0.944. The maximum Gasteiger partial charge on any atom is 0.142 e. The Labute approximate surface area is 54.8 Å². The van der Waals surface area contributed by atoms with Crippen LogP contribution in [0.1, 0.15) is 0 Å². The van der Waals surface area contributed by atoms with Crippen LogP contribution in [-0.2, 0) is 9.53 Å². The van der Waals surface area contributed by atoms with Crippen LogP contribution in [0.25, 0.3) is 0 Å². The van der Waals surface area contributed by atoms with Gasteiger partial charge >= 0.3 is 0 Å². The summed E-state index contributed by atoms with van der Waals surface area (Å²) in [6.07, 6.45) is 7.40. The molecule has 50 valence electrons. The molecular formula is C7H10O2. The second-order valence-electron chi connectivity index (χ2n) is 1.40. The third-order valence-corrected chi connectivity index (χ3v) is 0.700. The van der Waals surface area contributed by atoms with Gasteiger partial charge in [0, 0.05) is 7.11 Å². The minimum Gasteiger partial charge on any atom is -0.381 e. The van der Waals surface area contributed by atoms with Crippen molar-refractivity contribution < 1.29 is 9.53 Å². The third kappa shape index (κ3) is 7.11. The van der Waals surface area contributed by atoms with Gasteiger partial charge in [0.15, 0.2) is 0 Å². The third-order valence-electron chi connectivity index (χ3n) is 0.700. The molecule has 0 aliphatic heterocycles. The zero-order valence-electron chi connectivity index (χ0n) is 5.41. The van der Waals surface area contributed by atoms with E-state index in [-0.39, 0.29) is 0 Å². The first-order valence-electron chi connectivity index (χ1n) is 2.67. The van der Waals surface area contributed by atoms with Crippen molar-refractivity contribution in [3.05, 3.63) is 24.3 Å². The van der Waals surface area contributed by atoms with Crippen molar-refractivity contribution in [3.8, 4) is 0 Å². The average Bonchev–Trinajstić information content (AvgIpc) is 1.89. The van der Waals surface area contributed by atoms with Gasteiger partial charge in [0.1, 0.15) is 6.29 Å². The summed E-state index contributed by atoms with van der Waals surface area (Å²) in [7, 11) is 1.62. The van der Waals surface area contributed by atoms with E-state index >= 15 is 0 Å². The number of allylic oxidation sites excluding steroid dienone is 3. The van der Waals surface area contributed by atoms with Gasteiger partial charge in [-0.25, -0.2) is 0 Å². The lowest BCUT2D eigenvalue weighted by atomic mass is 10.4. The van der Waals surface area contributed by atoms with Crippen LogP contribution in [0, 0.1) is 0 Å². The molecule has 0 atom stereocenters. The van der Waals surface area contributed by atoms with E-state index in [0.717, 1.165) is 6.29 Å². The molecule has 0 N–H and O–H groups in total. The van der Waals surface area contributed by atoms with Crippen molar-refractivity contribution in [1.82, 2.24) is 0 Å². The van der Waals surface area contributed by atoms with E-state index in [0.29, 0.717) is 6.61 Å². The minimum absolute atomic E-state index is 0.587. The summed E-state index contributed by atoms with van der Waals surface area (Å²) in [5.41, 5.74) is 0. The molecule has 0 saturated carbocycles. The predicted molar refractivity (Wildman–Crippen MR) is 36.2 cm³/mol. The highest BCUT2D eigenvalue weighted by molar-refractivity contribution is 5.65. The van der Waals surface area contributed by atoms with E-state index in [1.54, 1.807) is 19.3 Å². The zero-order valence-corrected chi connectivity index (χ0v) is 5.41. The molecule has 0 spiro atoms. The van der Waals surface area contributed by atoms with E-state index < -0.39 is 0 Å². The van der Waals surface area contributed by atoms with E-state index in [4.69, 9.17) is 4.74 Å². The van der Waals surface area contributed by atoms with E-state index in [1.165, 1.54) is 6.08 Å². The van der Waals surface area contributed by atoms with E-state index in [2.05, 4.69) is 0 Å². The zero-order chi connectivity index (χ0) is 6.95. The van der Waals surface area contributed by atoms with Crippen LogP contribution in [0.4, 0.5) is 0 Å². The molecule has 0 amide bonds. The molecule has 0 unspecified atom stereocenters. The van der Waals surface area contributed by atoms with Crippen molar-refractivity contribution in [3.63, 3.8) is 0 Å². The van der Waals surface area contributed by atoms with Gasteiger partial charge in [-0.05, 0) is 6.08 Å². The van der Waals surface area contributed by atoms with Crippen molar-refractivity contribution in [2.75, 3.05) is 13.7 Å². The second-order valence-corrected chi connectivity index (χ2v) is 1.40. The normalized spacial score (nSPS) is 11.2. The topological polar surface area (TPSA) is 26.3 Å². The van der Waals surface area contributed by atoms with Gasteiger partial charge in [-0.15, -0.1) is 0 Å². The largest absolute Gasteiger partial charge is 0.381 e. The minimum atomic E-state index is 0.587. The van der Waals surface area contributed by atoms with E-state index in [9.17, 15) is 4.79 Å². The van der Waals surface area contributed by atoms with Gasteiger partial charge in [-0.2, -0.15) is 0 Å². The summed E-state index contributed by atoms with van der Waals surface area (Å²) in [5, 5.41) is 0. The first kappa shape index (κ1) is 8.11. The van der Waals surface area contributed by atoms with Crippen molar-refractivity contribution in [2.24, 2.45) is 0 Å². The number of rotatable bonds is 4. The van der Waals surface area contributed by atoms with Gasteiger partial charge in [0.25, 0.3) is 0 Å². The Morgan fingerprint density at radius 1 is 1.33 bits per heavy atom. The van der Waals surface area contributed by atoms with Gasteiger partial charge < -0.3 is 4.74 Å². The van der Waals surface area contributed by atoms with Crippen molar-refractivity contribution in [2.45, 2.75) is 0 Å². The Hall–Kier alpha value is -0.890. The van der Waals surface area contributed by atoms with Crippen LogP contribution in [0.5, 0.6) is 0 Å². The Kier molecular flexibility index (Phi) is 6.41. The first-order valence-corrected chi connectivity index (χ1v) is 2.67. The summed E-state index contributed by atoms with van der Waals surface area (Å²) in [6, 6.07) is 0. The highest BCUT2D eigenvalue weighted by Crippen LogP contribution is 1.75. The molecule has 9 heavy (non-hydrogen) atoms. The van der Waals surface area contributed by atoms with Crippen molar-refractivity contribution >= 4 is 6.29 Å². The van der Waals surface area contributed by atoms with E-state index in [1.807, 2.05) is 6.08 Å². The van der Waals surface area contributed by atoms with Crippen molar-refractivity contribution in [1.29, 1.82) is 0 Å². The number of aldehydes is 1. The molecule has 0 aliphatic rings. The Balaban J connectivity index is 3.23. The lowest BCUT2D eigenvalue weighted by molar-refractivity contribution is -0.104. The lowest BCUT2D eigenvalue weighted by Gasteiger charge is -1.82. The number of ether oxygens (including phenoxy) is 1. The number of carbonyl (C=O) groups is 1. The fourth-order valence-electron chi connectivity index (χ4n) is 0.340. The number of hydrogen-bond donors (Lipinski definition) is 0. The maximum atomic E-state index is 9.69.